The summed E-state index contributed by atoms with van der Waals surface area (Å²) in [6.45, 7) is 13.9. The first-order valence-corrected chi connectivity index (χ1v) is 19.3. The molecule has 0 saturated heterocycles. The highest BCUT2D eigenvalue weighted by Gasteiger charge is 2.28. The van der Waals surface area contributed by atoms with Crippen LogP contribution in [0.5, 0.6) is 0 Å². The number of hydrogen-bond acceptors (Lipinski definition) is 8. The van der Waals surface area contributed by atoms with Gasteiger partial charge in [0.25, 0.3) is 0 Å². The summed E-state index contributed by atoms with van der Waals surface area (Å²) in [5.74, 6) is -3.40. The molecule has 0 saturated carbocycles. The minimum atomic E-state index is -1.02. The lowest BCUT2D eigenvalue weighted by Gasteiger charge is -2.25. The molecule has 0 aromatic carbocycles. The number of carbonyl (C=O) groups is 7. The molecule has 0 radical (unpaired) electrons. The van der Waals surface area contributed by atoms with Crippen LogP contribution in [0, 0.1) is 17.8 Å². The van der Waals surface area contributed by atoms with Gasteiger partial charge in [0.2, 0.25) is 41.4 Å². The molecule has 0 fully saturated rings. The van der Waals surface area contributed by atoms with Gasteiger partial charge >= 0.3 is 0 Å². The Labute approximate surface area is 316 Å². The Kier molecular flexibility index (Phi) is 26.3. The van der Waals surface area contributed by atoms with Gasteiger partial charge < -0.3 is 42.3 Å². The van der Waals surface area contributed by atoms with Crippen LogP contribution in [-0.2, 0) is 33.6 Å². The van der Waals surface area contributed by atoms with E-state index in [4.69, 9.17) is 0 Å². The number of allylic oxidation sites excluding steroid dienone is 2. The van der Waals surface area contributed by atoms with E-state index >= 15 is 0 Å². The number of hydrogen-bond donors (Lipinski definition) is 8. The van der Waals surface area contributed by atoms with Gasteiger partial charge in [-0.15, -0.1) is 0 Å². The minimum Gasteiger partial charge on any atom is -0.394 e. The molecule has 8 N–H and O–H groups in total. The summed E-state index contributed by atoms with van der Waals surface area (Å²) >= 11 is 0. The highest BCUT2D eigenvalue weighted by atomic mass is 16.3. The van der Waals surface area contributed by atoms with Crippen LogP contribution in [0.2, 0.25) is 0 Å². The summed E-state index contributed by atoms with van der Waals surface area (Å²) in [6.07, 6.45) is 10.6. The predicted octanol–water partition coefficient (Wildman–Crippen LogP) is 1.73. The summed E-state index contributed by atoms with van der Waals surface area (Å²) in [6, 6.07) is -3.35. The molecular weight excluding hydrogens is 682 g/mol. The molecule has 0 bridgehead atoms. The molecule has 0 aromatic heterocycles. The van der Waals surface area contributed by atoms with E-state index in [1.54, 1.807) is 6.92 Å². The molecule has 0 aliphatic rings. The third kappa shape index (κ3) is 24.8. The molecule has 4 atom stereocenters. The van der Waals surface area contributed by atoms with E-state index in [1.165, 1.54) is 6.42 Å². The molecule has 0 aliphatic heterocycles. The average molecular weight is 752 g/mol. The van der Waals surface area contributed by atoms with Gasteiger partial charge in [0.05, 0.1) is 32.3 Å². The van der Waals surface area contributed by atoms with Crippen LogP contribution < -0.4 is 37.2 Å². The topological polar surface area (TPSA) is 224 Å². The van der Waals surface area contributed by atoms with Gasteiger partial charge in [0.1, 0.15) is 18.1 Å². The zero-order chi connectivity index (χ0) is 40.3. The van der Waals surface area contributed by atoms with Gasteiger partial charge in [0, 0.05) is 6.42 Å². The van der Waals surface area contributed by atoms with Gasteiger partial charge in [0.15, 0.2) is 0 Å². The lowest BCUT2D eigenvalue weighted by Crippen LogP contribution is -2.56. The number of aliphatic hydroxyl groups is 1. The Hall–Kier alpha value is -4.01. The van der Waals surface area contributed by atoms with Crippen LogP contribution in [0.1, 0.15) is 120 Å². The van der Waals surface area contributed by atoms with Crippen molar-refractivity contribution in [3.63, 3.8) is 0 Å². The van der Waals surface area contributed by atoms with E-state index in [1.807, 2.05) is 47.6 Å². The van der Waals surface area contributed by atoms with Gasteiger partial charge in [-0.3, -0.25) is 33.6 Å². The number of unbranched alkanes of at least 4 members (excludes halogenated alkanes) is 3. The number of amides is 7. The van der Waals surface area contributed by atoms with E-state index in [0.717, 1.165) is 19.3 Å². The van der Waals surface area contributed by atoms with Crippen LogP contribution in [-0.4, -0.2) is 96.9 Å². The molecular formula is C38H69N7O8. The van der Waals surface area contributed by atoms with Crippen molar-refractivity contribution in [3.05, 3.63) is 12.2 Å². The third-order valence-corrected chi connectivity index (χ3v) is 8.08. The second-order valence-electron chi connectivity index (χ2n) is 14.8. The zero-order valence-corrected chi connectivity index (χ0v) is 33.4. The van der Waals surface area contributed by atoms with Crippen LogP contribution in [0.3, 0.4) is 0 Å². The Morgan fingerprint density at radius 2 is 1.02 bits per heavy atom. The van der Waals surface area contributed by atoms with Crippen molar-refractivity contribution in [2.45, 2.75) is 144 Å². The summed E-state index contributed by atoms with van der Waals surface area (Å²) in [4.78, 5) is 88.9. The van der Waals surface area contributed by atoms with Gasteiger partial charge in [-0.1, -0.05) is 80.4 Å². The molecule has 7 amide bonds. The maximum Gasteiger partial charge on any atom is 0.243 e. The number of carbonyl (C=O) groups excluding carboxylic acids is 7. The molecule has 15 heteroatoms. The molecule has 0 aliphatic carbocycles. The summed E-state index contributed by atoms with van der Waals surface area (Å²) in [5.41, 5.74) is 0. The largest absolute Gasteiger partial charge is 0.394 e. The fraction of sp³-hybridized carbons (Fsp3) is 0.763. The van der Waals surface area contributed by atoms with E-state index in [-0.39, 0.29) is 56.1 Å². The monoisotopic (exact) mass is 752 g/mol. The normalized spacial score (nSPS) is 13.6. The second kappa shape index (κ2) is 28.5. The molecule has 4 unspecified atom stereocenters. The molecule has 0 heterocycles. The first-order chi connectivity index (χ1) is 25.0. The summed E-state index contributed by atoms with van der Waals surface area (Å²) in [5, 5.41) is 27.8. The minimum absolute atomic E-state index is 0.00588. The Morgan fingerprint density at radius 3 is 1.53 bits per heavy atom. The highest BCUT2D eigenvalue weighted by molar-refractivity contribution is 5.95. The molecule has 304 valence electrons. The van der Waals surface area contributed by atoms with E-state index in [0.29, 0.717) is 19.3 Å². The van der Waals surface area contributed by atoms with Gasteiger partial charge in [-0.05, 0) is 62.7 Å². The summed E-state index contributed by atoms with van der Waals surface area (Å²) in [7, 11) is 0. The first kappa shape index (κ1) is 49.0. The predicted molar refractivity (Wildman–Crippen MR) is 205 cm³/mol. The number of nitrogens with one attached hydrogen (secondary N) is 7. The molecule has 15 nitrogen and oxygen atoms in total. The molecule has 53 heavy (non-hydrogen) atoms. The lowest BCUT2D eigenvalue weighted by molar-refractivity contribution is -0.133. The SMILES string of the molecule is CCCCCC=CCCC(=O)NCC(=O)NCC(=O)NC(CC(C)C)C(=O)NC(CC)C(=O)NCC(=O)NC(CC(C)C)C(=O)NC(CO)CC(C)C. The second-order valence-corrected chi connectivity index (χ2v) is 14.8. The van der Waals surface area contributed by atoms with Crippen molar-refractivity contribution in [2.75, 3.05) is 26.2 Å². The fourth-order valence-corrected chi connectivity index (χ4v) is 5.33. The average Bonchev–Trinajstić information content (AvgIpc) is 3.08. The quantitative estimate of drug-likeness (QED) is 0.0433. The smallest absolute Gasteiger partial charge is 0.243 e. The van der Waals surface area contributed by atoms with E-state index < -0.39 is 72.7 Å². The van der Waals surface area contributed by atoms with Crippen LogP contribution in [0.4, 0.5) is 0 Å². The van der Waals surface area contributed by atoms with E-state index in [2.05, 4.69) is 50.2 Å². The molecule has 0 rings (SSSR count). The Morgan fingerprint density at radius 1 is 0.528 bits per heavy atom. The van der Waals surface area contributed by atoms with Crippen molar-refractivity contribution < 1.29 is 38.7 Å². The van der Waals surface area contributed by atoms with Gasteiger partial charge in [-0.2, -0.15) is 0 Å². The van der Waals surface area contributed by atoms with Crippen molar-refractivity contribution in [3.8, 4) is 0 Å². The van der Waals surface area contributed by atoms with Crippen molar-refractivity contribution in [1.82, 2.24) is 37.2 Å². The Bertz CT molecular complexity index is 1180. The summed E-state index contributed by atoms with van der Waals surface area (Å²) < 4.78 is 0. The van der Waals surface area contributed by atoms with Crippen molar-refractivity contribution >= 4 is 41.4 Å². The number of aliphatic hydroxyl groups excluding tert-OH is 1. The molecule has 0 aromatic rings. The maximum atomic E-state index is 13.2. The Balaban J connectivity index is 5.01. The first-order valence-electron chi connectivity index (χ1n) is 19.3. The van der Waals surface area contributed by atoms with Crippen LogP contribution in [0.25, 0.3) is 0 Å². The molecule has 0 spiro atoms. The maximum absolute atomic E-state index is 13.2. The third-order valence-electron chi connectivity index (χ3n) is 8.08. The van der Waals surface area contributed by atoms with Crippen LogP contribution >= 0.6 is 0 Å². The van der Waals surface area contributed by atoms with E-state index in [9.17, 15) is 38.7 Å². The van der Waals surface area contributed by atoms with Crippen molar-refractivity contribution in [2.24, 2.45) is 17.8 Å². The zero-order valence-electron chi connectivity index (χ0n) is 33.4. The standard InChI is InChI=1S/C38H69N7O8/c1-9-11-12-13-14-15-16-17-32(47)39-21-33(48)40-22-34(49)44-31(20-27(7)8)38(53)45-29(10-2)36(51)41-23-35(50)43-30(19-26(5)6)37(52)42-28(24-46)18-25(3)4/h14-15,25-31,46H,9-13,16-24H2,1-8H3,(H,39,47)(H,40,48)(H,41,51)(H,42,52)(H,43,50)(H,44,49)(H,45,53). The van der Waals surface area contributed by atoms with Gasteiger partial charge in [-0.25, -0.2) is 0 Å². The lowest BCUT2D eigenvalue weighted by atomic mass is 10.0. The highest BCUT2D eigenvalue weighted by Crippen LogP contribution is 2.09. The van der Waals surface area contributed by atoms with Crippen molar-refractivity contribution in [1.29, 1.82) is 0 Å². The number of rotatable bonds is 28. The fourth-order valence-electron chi connectivity index (χ4n) is 5.33. The van der Waals surface area contributed by atoms with Crippen LogP contribution in [0.15, 0.2) is 12.2 Å².